The summed E-state index contributed by atoms with van der Waals surface area (Å²) in [6, 6.07) is 20.1. The highest BCUT2D eigenvalue weighted by atomic mass is 16.5. The standard InChI is InChI=1S/C63H66N6O12/c1-37(2)60(66-57(72)10-7-6-8-23-67-58(73)21-22-59(67)74)53(71)27-38(3)52(70)20-13-40-11-14-41(15-12-40)44-28-47-34-65-51-32-56(55(79-5)30-49(51)62(76)69(47)35-44)81-25-9-24-80-54-31-50-48(26-39(54)4)61(75)68-36-45(29-46(68)33-64-50)42-16-18-43(19-17-42)63(77)78/h11-12,14-19,21-22,26,30-38,46-47,60H,6-10,13,20,23-25,27-29H2,1-5H3,(H,66,72)(H,77,78)/t38?,46-,47-,60?/m0/s1. The van der Waals surface area contributed by atoms with E-state index >= 15 is 0 Å². The molecule has 0 aliphatic carbocycles. The Morgan fingerprint density at radius 3 is 1.83 bits per heavy atom. The van der Waals surface area contributed by atoms with Crippen LogP contribution in [0.15, 0.2) is 107 Å². The summed E-state index contributed by atoms with van der Waals surface area (Å²) in [6.07, 6.45) is 14.0. The lowest BCUT2D eigenvalue weighted by molar-refractivity contribution is -0.137. The molecule has 420 valence electrons. The average Bonchev–Trinajstić information content (AvgIpc) is 4.18. The number of nitrogens with one attached hydrogen (secondary N) is 1. The number of carboxylic acids is 1. The third-order valence-corrected chi connectivity index (χ3v) is 15.3. The molecular formula is C63H66N6O12. The van der Waals surface area contributed by atoms with Gasteiger partial charge in [-0.05, 0) is 89.8 Å². The van der Waals surface area contributed by atoms with Crippen molar-refractivity contribution in [3.05, 3.63) is 136 Å². The fraction of sp³-hybridized carbons (Fsp3) is 0.365. The van der Waals surface area contributed by atoms with Crippen molar-refractivity contribution in [2.75, 3.05) is 26.9 Å². The van der Waals surface area contributed by atoms with Gasteiger partial charge in [0.2, 0.25) is 5.91 Å². The van der Waals surface area contributed by atoms with Crippen LogP contribution < -0.4 is 19.5 Å². The van der Waals surface area contributed by atoms with E-state index in [0.717, 1.165) is 33.4 Å². The molecule has 18 nitrogen and oxygen atoms in total. The lowest BCUT2D eigenvalue weighted by atomic mass is 9.89. The van der Waals surface area contributed by atoms with Crippen molar-refractivity contribution in [1.82, 2.24) is 20.0 Å². The van der Waals surface area contributed by atoms with Crippen LogP contribution in [0.1, 0.15) is 132 Å². The molecule has 0 saturated heterocycles. The van der Waals surface area contributed by atoms with Gasteiger partial charge in [-0.25, -0.2) is 4.79 Å². The SMILES string of the molecule is COc1cc2c(cc1OCCCOc1cc3c(cc1C)C(=O)N1C=C(c4ccc(C(=O)O)cc4)C[C@H]1C=N3)N=C[C@@H]1CC(c3ccc(CCC(=O)C(C)CC(=O)C(NC(=O)CCCCCN4C(=O)C=CC4=O)C(C)C)cc3)=CN1C2=O. The molecule has 81 heavy (non-hydrogen) atoms. The highest BCUT2D eigenvalue weighted by molar-refractivity contribution is 6.13. The normalized spacial score (nSPS) is 17.7. The van der Waals surface area contributed by atoms with Gasteiger partial charge in [0.15, 0.2) is 17.3 Å². The minimum atomic E-state index is -0.998. The smallest absolute Gasteiger partial charge is 0.335 e. The summed E-state index contributed by atoms with van der Waals surface area (Å²) in [5, 5.41) is 12.1. The summed E-state index contributed by atoms with van der Waals surface area (Å²) in [5.74, 6) is -1.81. The lowest BCUT2D eigenvalue weighted by Crippen LogP contribution is -2.45. The minimum Gasteiger partial charge on any atom is -0.493 e. The number of fused-ring (bicyclic) bond motifs is 4. The molecule has 0 spiro atoms. The molecule has 5 aliphatic rings. The highest BCUT2D eigenvalue weighted by Crippen LogP contribution is 2.41. The van der Waals surface area contributed by atoms with Crippen LogP contribution in [0.4, 0.5) is 11.4 Å². The molecule has 5 heterocycles. The number of aryl methyl sites for hydroxylation is 2. The molecule has 18 heteroatoms. The number of amides is 5. The number of carbonyl (C=O) groups is 8. The maximum absolute atomic E-state index is 14.1. The summed E-state index contributed by atoms with van der Waals surface area (Å²) < 4.78 is 18.0. The van der Waals surface area contributed by atoms with E-state index in [9.17, 15) is 43.5 Å². The number of nitrogens with zero attached hydrogens (tertiary/aromatic N) is 5. The fourth-order valence-corrected chi connectivity index (χ4v) is 10.6. The zero-order valence-electron chi connectivity index (χ0n) is 46.1. The Labute approximate surface area is 470 Å². The predicted octanol–water partition coefficient (Wildman–Crippen LogP) is 9.22. The Morgan fingerprint density at radius 1 is 0.679 bits per heavy atom. The van der Waals surface area contributed by atoms with Gasteiger partial charge in [-0.15, -0.1) is 0 Å². The van der Waals surface area contributed by atoms with Crippen LogP contribution >= 0.6 is 0 Å². The number of methoxy groups -OCH3 is 1. The van der Waals surface area contributed by atoms with Crippen molar-refractivity contribution in [2.24, 2.45) is 21.8 Å². The third kappa shape index (κ3) is 13.1. The van der Waals surface area contributed by atoms with Crippen LogP contribution in [0.2, 0.25) is 0 Å². The Hall–Kier alpha value is -8.80. The fourth-order valence-electron chi connectivity index (χ4n) is 10.6. The van der Waals surface area contributed by atoms with Crippen LogP contribution in [-0.4, -0.2) is 124 Å². The number of aromatic carboxylic acids is 1. The molecule has 5 amide bonds. The van der Waals surface area contributed by atoms with Crippen molar-refractivity contribution >= 4 is 82.0 Å². The molecule has 5 aliphatic heterocycles. The van der Waals surface area contributed by atoms with Crippen molar-refractivity contribution in [2.45, 2.75) is 110 Å². The quantitative estimate of drug-likeness (QED) is 0.0467. The van der Waals surface area contributed by atoms with Gasteiger partial charge in [0.25, 0.3) is 23.6 Å². The molecule has 0 aromatic heterocycles. The lowest BCUT2D eigenvalue weighted by Gasteiger charge is -2.22. The molecule has 9 rings (SSSR count). The number of imide groups is 1. The van der Waals surface area contributed by atoms with Crippen molar-refractivity contribution in [3.8, 4) is 17.2 Å². The topological polar surface area (TPSA) is 231 Å². The van der Waals surface area contributed by atoms with Gasteiger partial charge in [0.05, 0.1) is 66.5 Å². The molecular weight excluding hydrogens is 1030 g/mol. The Balaban J connectivity index is 0.721. The summed E-state index contributed by atoms with van der Waals surface area (Å²) in [5.41, 5.74) is 7.40. The van der Waals surface area contributed by atoms with Gasteiger partial charge in [-0.2, -0.15) is 0 Å². The first kappa shape index (κ1) is 56.9. The summed E-state index contributed by atoms with van der Waals surface area (Å²) >= 11 is 0. The van der Waals surface area contributed by atoms with Crippen molar-refractivity contribution < 1.29 is 57.7 Å². The van der Waals surface area contributed by atoms with Crippen LogP contribution in [-0.2, 0) is 30.4 Å². The summed E-state index contributed by atoms with van der Waals surface area (Å²) in [7, 11) is 1.52. The molecule has 4 atom stereocenters. The van der Waals surface area contributed by atoms with Gasteiger partial charge in [0.1, 0.15) is 11.5 Å². The number of ether oxygens (including phenoxy) is 3. The first-order valence-corrected chi connectivity index (χ1v) is 27.5. The molecule has 2 unspecified atom stereocenters. The van der Waals surface area contributed by atoms with E-state index in [1.165, 1.54) is 24.2 Å². The van der Waals surface area contributed by atoms with Crippen LogP contribution in [0.5, 0.6) is 17.2 Å². The van der Waals surface area contributed by atoms with E-state index in [0.29, 0.717) is 97.8 Å². The maximum Gasteiger partial charge on any atom is 0.335 e. The highest BCUT2D eigenvalue weighted by Gasteiger charge is 2.36. The number of hydrogen-bond acceptors (Lipinski definition) is 13. The molecule has 4 aromatic rings. The number of benzene rings is 4. The van der Waals surface area contributed by atoms with Crippen molar-refractivity contribution in [1.29, 1.82) is 0 Å². The van der Waals surface area contributed by atoms with Crippen LogP contribution in [0, 0.1) is 18.8 Å². The predicted molar refractivity (Wildman–Crippen MR) is 304 cm³/mol. The van der Waals surface area contributed by atoms with Crippen LogP contribution in [0.3, 0.4) is 0 Å². The first-order chi connectivity index (χ1) is 39.0. The van der Waals surface area contributed by atoms with Gasteiger partial charge < -0.3 is 34.4 Å². The second-order valence-electron chi connectivity index (χ2n) is 21.4. The van der Waals surface area contributed by atoms with E-state index in [1.54, 1.807) is 77.7 Å². The van der Waals surface area contributed by atoms with Gasteiger partial charge in [-0.1, -0.05) is 63.6 Å². The number of hydrogen-bond donors (Lipinski definition) is 2. The Kier molecular flexibility index (Phi) is 17.6. The molecule has 0 radical (unpaired) electrons. The van der Waals surface area contributed by atoms with E-state index < -0.39 is 17.9 Å². The minimum absolute atomic E-state index is 0.0193. The largest absolute Gasteiger partial charge is 0.493 e. The number of carbonyl (C=O) groups excluding carboxylic acids is 7. The molecule has 4 aromatic carbocycles. The third-order valence-electron chi connectivity index (χ3n) is 15.3. The van der Waals surface area contributed by atoms with Crippen LogP contribution in [0.25, 0.3) is 11.1 Å². The number of ketones is 2. The van der Waals surface area contributed by atoms with E-state index in [1.807, 2.05) is 57.4 Å². The monoisotopic (exact) mass is 1100 g/mol. The molecule has 2 N–H and O–H groups in total. The Morgan fingerprint density at radius 2 is 1.25 bits per heavy atom. The number of rotatable bonds is 25. The van der Waals surface area contributed by atoms with E-state index in [4.69, 9.17) is 24.2 Å². The van der Waals surface area contributed by atoms with E-state index in [2.05, 4.69) is 5.32 Å². The zero-order valence-corrected chi connectivity index (χ0v) is 46.1. The van der Waals surface area contributed by atoms with Crippen molar-refractivity contribution in [3.63, 3.8) is 0 Å². The number of aliphatic imine (C=N–C) groups is 2. The molecule has 0 fully saturated rings. The van der Waals surface area contributed by atoms with Gasteiger partial charge in [0, 0.05) is 100 Å². The van der Waals surface area contributed by atoms with Gasteiger partial charge >= 0.3 is 5.97 Å². The number of unbranched alkanes of at least 4 members (excludes halogenated alkanes) is 2. The maximum atomic E-state index is 14.1. The average molecular weight is 1100 g/mol. The number of Topliss-reactive ketones (excluding diaryl/α,β-unsaturated/α-hetero) is 2. The second kappa shape index (κ2) is 25.1. The Bertz CT molecular complexity index is 3300. The number of carboxylic acid groups (broad SMARTS) is 1. The summed E-state index contributed by atoms with van der Waals surface area (Å²) in [4.78, 5) is 116. The first-order valence-electron chi connectivity index (χ1n) is 27.5. The van der Waals surface area contributed by atoms with E-state index in [-0.39, 0.29) is 90.5 Å². The summed E-state index contributed by atoms with van der Waals surface area (Å²) in [6.45, 7) is 8.23. The zero-order chi connectivity index (χ0) is 57.5. The second-order valence-corrected chi connectivity index (χ2v) is 21.4. The molecule has 0 bridgehead atoms. The molecule has 0 saturated carbocycles. The van der Waals surface area contributed by atoms with Gasteiger partial charge in [-0.3, -0.25) is 48.4 Å².